The first-order chi connectivity index (χ1) is 14.1. The Labute approximate surface area is 168 Å². The average molecular weight is 387 g/mol. The summed E-state index contributed by atoms with van der Waals surface area (Å²) in [5.74, 6) is 0.678. The van der Waals surface area contributed by atoms with Gasteiger partial charge in [0.1, 0.15) is 29.4 Å². The first-order valence-electron chi connectivity index (χ1n) is 9.49. The van der Waals surface area contributed by atoms with Crippen LogP contribution in [0.25, 0.3) is 28.2 Å². The summed E-state index contributed by atoms with van der Waals surface area (Å²) in [6.07, 6.45) is 7.91. The van der Waals surface area contributed by atoms with Gasteiger partial charge in [-0.2, -0.15) is 5.26 Å². The van der Waals surface area contributed by atoms with Crippen LogP contribution in [0.15, 0.2) is 37.1 Å². The molecule has 9 nitrogen and oxygen atoms in total. The fourth-order valence-electron chi connectivity index (χ4n) is 3.10. The Morgan fingerprint density at radius 2 is 2.03 bits per heavy atom. The molecule has 146 valence electrons. The number of hydrogen-bond acceptors (Lipinski definition) is 7. The van der Waals surface area contributed by atoms with Gasteiger partial charge in [-0.1, -0.05) is 12.1 Å². The molecular formula is C20H21N9. The zero-order valence-electron chi connectivity index (χ0n) is 16.5. The maximum Gasteiger partial charge on any atom is 0.165 e. The molecule has 0 saturated heterocycles. The fraction of sp³-hybridized carbons (Fsp3) is 0.300. The lowest BCUT2D eigenvalue weighted by Crippen LogP contribution is -2.12. The molecule has 0 atom stereocenters. The van der Waals surface area contributed by atoms with Gasteiger partial charge in [-0.05, 0) is 26.3 Å². The zero-order chi connectivity index (χ0) is 20.4. The summed E-state index contributed by atoms with van der Waals surface area (Å²) >= 11 is 0. The van der Waals surface area contributed by atoms with Crippen molar-refractivity contribution in [1.82, 2.24) is 34.5 Å². The number of hydrogen-bond donors (Lipinski definition) is 1. The number of anilines is 1. The molecule has 4 aromatic heterocycles. The molecule has 0 amide bonds. The van der Waals surface area contributed by atoms with E-state index < -0.39 is 0 Å². The first-order valence-corrected chi connectivity index (χ1v) is 9.49. The second-order valence-corrected chi connectivity index (χ2v) is 7.05. The quantitative estimate of drug-likeness (QED) is 0.541. The molecule has 0 radical (unpaired) electrons. The highest BCUT2D eigenvalue weighted by atomic mass is 15.4. The van der Waals surface area contributed by atoms with Crippen LogP contribution in [0.4, 0.5) is 5.69 Å². The Morgan fingerprint density at radius 1 is 1.17 bits per heavy atom. The van der Waals surface area contributed by atoms with Crippen LogP contribution in [0.2, 0.25) is 0 Å². The molecule has 0 saturated carbocycles. The first kappa shape index (κ1) is 18.6. The Kier molecular flexibility index (Phi) is 4.91. The van der Waals surface area contributed by atoms with Crippen LogP contribution < -0.4 is 5.32 Å². The summed E-state index contributed by atoms with van der Waals surface area (Å²) in [5.41, 5.74) is 4.33. The van der Waals surface area contributed by atoms with Crippen LogP contribution >= 0.6 is 0 Å². The molecule has 4 aromatic rings. The Balaban J connectivity index is 1.79. The standard InChI is InChI=1S/C20H21N9/c1-4-5-28-11-18(26-27-28)15-10-22-19(7-16(15)25-13(2)3)29-12-24-17-6-14(8-21)9-23-20(17)29/h6-7,9-13H,4-5H2,1-3H3,(H,22,25). The monoisotopic (exact) mass is 387 g/mol. The van der Waals surface area contributed by atoms with Gasteiger partial charge in [0.2, 0.25) is 0 Å². The van der Waals surface area contributed by atoms with Gasteiger partial charge in [-0.15, -0.1) is 5.10 Å². The van der Waals surface area contributed by atoms with E-state index in [9.17, 15) is 0 Å². The summed E-state index contributed by atoms with van der Waals surface area (Å²) in [4.78, 5) is 13.4. The number of nitrogens with one attached hydrogen (secondary N) is 1. The summed E-state index contributed by atoms with van der Waals surface area (Å²) in [6, 6.07) is 5.98. The Hall–Kier alpha value is -3.80. The molecule has 0 aliphatic heterocycles. The van der Waals surface area contributed by atoms with Gasteiger partial charge in [0.05, 0.1) is 11.8 Å². The number of rotatable bonds is 6. The van der Waals surface area contributed by atoms with Crippen molar-refractivity contribution in [2.45, 2.75) is 39.8 Å². The highest BCUT2D eigenvalue weighted by Gasteiger charge is 2.15. The van der Waals surface area contributed by atoms with Gasteiger partial charge in [0, 0.05) is 42.3 Å². The van der Waals surface area contributed by atoms with Crippen molar-refractivity contribution in [3.05, 3.63) is 42.6 Å². The minimum absolute atomic E-state index is 0.227. The van der Waals surface area contributed by atoms with Crippen molar-refractivity contribution in [2.24, 2.45) is 0 Å². The van der Waals surface area contributed by atoms with Crippen molar-refractivity contribution in [3.8, 4) is 23.1 Å². The van der Waals surface area contributed by atoms with E-state index in [-0.39, 0.29) is 6.04 Å². The summed E-state index contributed by atoms with van der Waals surface area (Å²) in [5, 5.41) is 21.0. The second kappa shape index (κ2) is 7.67. The molecule has 9 heteroatoms. The molecular weight excluding hydrogens is 366 g/mol. The van der Waals surface area contributed by atoms with Crippen molar-refractivity contribution < 1.29 is 0 Å². The molecule has 4 rings (SSSR count). The van der Waals surface area contributed by atoms with E-state index >= 15 is 0 Å². The Bertz CT molecular complexity index is 1200. The molecule has 1 N–H and O–H groups in total. The lowest BCUT2D eigenvalue weighted by molar-refractivity contribution is 0.579. The molecule has 0 unspecified atom stereocenters. The van der Waals surface area contributed by atoms with E-state index in [0.29, 0.717) is 22.5 Å². The van der Waals surface area contributed by atoms with Gasteiger partial charge in [0.25, 0.3) is 0 Å². The van der Waals surface area contributed by atoms with E-state index in [2.05, 4.69) is 57.4 Å². The minimum atomic E-state index is 0.227. The van der Waals surface area contributed by atoms with Crippen molar-refractivity contribution in [1.29, 1.82) is 5.26 Å². The van der Waals surface area contributed by atoms with Crippen LogP contribution in [-0.4, -0.2) is 40.6 Å². The smallest absolute Gasteiger partial charge is 0.165 e. The number of nitrogens with zero attached hydrogens (tertiary/aromatic N) is 8. The maximum absolute atomic E-state index is 9.06. The van der Waals surface area contributed by atoms with Crippen LogP contribution in [-0.2, 0) is 6.54 Å². The summed E-state index contributed by atoms with van der Waals surface area (Å²) < 4.78 is 3.64. The van der Waals surface area contributed by atoms with Gasteiger partial charge in [0.15, 0.2) is 5.65 Å². The van der Waals surface area contributed by atoms with Crippen molar-refractivity contribution in [2.75, 3.05) is 5.32 Å². The number of fused-ring (bicyclic) bond motifs is 1. The van der Waals surface area contributed by atoms with Crippen LogP contribution in [0.1, 0.15) is 32.8 Å². The third-order valence-electron chi connectivity index (χ3n) is 4.36. The predicted octanol–water partition coefficient (Wildman–Crippen LogP) is 3.18. The molecule has 0 aliphatic carbocycles. The number of imidazole rings is 1. The summed E-state index contributed by atoms with van der Waals surface area (Å²) in [7, 11) is 0. The minimum Gasteiger partial charge on any atom is -0.382 e. The van der Waals surface area contributed by atoms with Crippen LogP contribution in [0.5, 0.6) is 0 Å². The largest absolute Gasteiger partial charge is 0.382 e. The molecule has 0 aromatic carbocycles. The van der Waals surface area contributed by atoms with Gasteiger partial charge < -0.3 is 5.32 Å². The van der Waals surface area contributed by atoms with E-state index in [0.717, 1.165) is 29.9 Å². The molecule has 29 heavy (non-hydrogen) atoms. The fourth-order valence-corrected chi connectivity index (χ4v) is 3.10. The normalized spacial score (nSPS) is 11.1. The van der Waals surface area contributed by atoms with Gasteiger partial charge in [-0.3, -0.25) is 9.25 Å². The number of aromatic nitrogens is 7. The molecule has 0 aliphatic rings. The van der Waals surface area contributed by atoms with Crippen LogP contribution in [0, 0.1) is 11.3 Å². The third-order valence-corrected chi connectivity index (χ3v) is 4.36. The maximum atomic E-state index is 9.06. The highest BCUT2D eigenvalue weighted by Crippen LogP contribution is 2.29. The van der Waals surface area contributed by atoms with Crippen LogP contribution in [0.3, 0.4) is 0 Å². The zero-order valence-corrected chi connectivity index (χ0v) is 16.5. The topological polar surface area (TPSA) is 110 Å². The number of nitriles is 1. The lowest BCUT2D eigenvalue weighted by atomic mass is 10.1. The van der Waals surface area contributed by atoms with Gasteiger partial charge >= 0.3 is 0 Å². The van der Waals surface area contributed by atoms with E-state index in [4.69, 9.17) is 5.26 Å². The van der Waals surface area contributed by atoms with E-state index in [1.54, 1.807) is 23.2 Å². The summed E-state index contributed by atoms with van der Waals surface area (Å²) in [6.45, 7) is 7.08. The second-order valence-electron chi connectivity index (χ2n) is 7.05. The van der Waals surface area contributed by atoms with Gasteiger partial charge in [-0.25, -0.2) is 15.0 Å². The molecule has 0 bridgehead atoms. The number of aryl methyl sites for hydroxylation is 1. The number of pyridine rings is 2. The van der Waals surface area contributed by atoms with E-state index in [1.165, 1.54) is 6.20 Å². The highest BCUT2D eigenvalue weighted by molar-refractivity contribution is 5.78. The van der Waals surface area contributed by atoms with Crippen molar-refractivity contribution >= 4 is 16.9 Å². The van der Waals surface area contributed by atoms with E-state index in [1.807, 2.05) is 16.9 Å². The lowest BCUT2D eigenvalue weighted by Gasteiger charge is -2.15. The Morgan fingerprint density at radius 3 is 2.79 bits per heavy atom. The molecule has 4 heterocycles. The predicted molar refractivity (Wildman–Crippen MR) is 109 cm³/mol. The van der Waals surface area contributed by atoms with Crippen molar-refractivity contribution in [3.63, 3.8) is 0 Å². The SMILES string of the molecule is CCCn1cc(-c2cnc(-n3cnc4cc(C#N)cnc43)cc2NC(C)C)nn1. The average Bonchev–Trinajstić information content (AvgIpc) is 3.34. The molecule has 0 fully saturated rings. The third kappa shape index (κ3) is 3.65. The molecule has 0 spiro atoms.